The van der Waals surface area contributed by atoms with Crippen LogP contribution in [0, 0.1) is 0 Å². The number of pyridine rings is 1. The molecule has 0 unspecified atom stereocenters. The molecule has 6 nitrogen and oxygen atoms in total. The fourth-order valence-electron chi connectivity index (χ4n) is 4.27. The summed E-state index contributed by atoms with van der Waals surface area (Å²) in [5.74, 6) is -0.219. The van der Waals surface area contributed by atoms with Gasteiger partial charge >= 0.3 is 5.97 Å². The number of benzene rings is 4. The quantitative estimate of drug-likeness (QED) is 0.226. The van der Waals surface area contributed by atoms with Crippen molar-refractivity contribution in [2.24, 2.45) is 0 Å². The Hall–Kier alpha value is -4.97. The molecule has 194 valence electrons. The summed E-state index contributed by atoms with van der Waals surface area (Å²) in [5.41, 5.74) is 4.52. The summed E-state index contributed by atoms with van der Waals surface area (Å²) in [5, 5.41) is 3.52. The first-order valence-electron chi connectivity index (χ1n) is 12.8. The second-order valence-corrected chi connectivity index (χ2v) is 9.15. The van der Waals surface area contributed by atoms with Gasteiger partial charge in [0.2, 0.25) is 0 Å². The molecular formula is C33H28N2O4. The average Bonchev–Trinajstić information content (AvgIpc) is 2.99. The number of ether oxygens (including phenoxy) is 2. The van der Waals surface area contributed by atoms with E-state index in [1.807, 2.05) is 116 Å². The molecule has 0 bridgehead atoms. The number of hydrogen-bond donors (Lipinski definition) is 1. The normalized spacial score (nSPS) is 11.5. The van der Waals surface area contributed by atoms with Gasteiger partial charge in [-0.05, 0) is 54.4 Å². The molecular weight excluding hydrogens is 488 g/mol. The van der Waals surface area contributed by atoms with E-state index in [1.54, 1.807) is 6.07 Å². The number of nitrogens with one attached hydrogen (secondary N) is 1. The molecule has 4 aromatic carbocycles. The number of amides is 1. The number of hydrogen-bond acceptors (Lipinski definition) is 5. The van der Waals surface area contributed by atoms with Crippen LogP contribution in [-0.2, 0) is 16.1 Å². The maximum absolute atomic E-state index is 13.1. The molecule has 1 aromatic heterocycles. The Morgan fingerprint density at radius 1 is 0.821 bits per heavy atom. The highest BCUT2D eigenvalue weighted by Crippen LogP contribution is 2.27. The molecule has 0 aliphatic carbocycles. The molecule has 0 fully saturated rings. The second kappa shape index (κ2) is 12.0. The molecule has 0 aliphatic heterocycles. The van der Waals surface area contributed by atoms with Crippen LogP contribution >= 0.6 is 0 Å². The fraction of sp³-hybridized carbons (Fsp3) is 0.121. The minimum Gasteiger partial charge on any atom is -0.489 e. The van der Waals surface area contributed by atoms with E-state index in [9.17, 15) is 9.59 Å². The minimum atomic E-state index is -0.583. The minimum absolute atomic E-state index is 0.203. The van der Waals surface area contributed by atoms with E-state index in [1.165, 1.54) is 0 Å². The zero-order valence-corrected chi connectivity index (χ0v) is 21.5. The van der Waals surface area contributed by atoms with Gasteiger partial charge in [-0.1, -0.05) is 78.9 Å². The first-order valence-corrected chi connectivity index (χ1v) is 12.8. The standard InChI is InChI=1S/C33H28N2O4/c1-23(25-12-6-3-7-13-25)34-32(36)22-39-33(37)29-20-31(35-30-15-9-8-14-28(29)30)26-16-18-27(19-17-26)38-21-24-10-4-2-5-11-24/h2-20,23H,21-22H2,1H3,(H,34,36)/t23-/m1/s1. The Balaban J connectivity index is 1.29. The van der Waals surface area contributed by atoms with Crippen molar-refractivity contribution in [1.82, 2.24) is 10.3 Å². The van der Waals surface area contributed by atoms with Crippen LogP contribution in [0.3, 0.4) is 0 Å². The summed E-state index contributed by atoms with van der Waals surface area (Å²) in [6.07, 6.45) is 0. The maximum Gasteiger partial charge on any atom is 0.339 e. The molecule has 1 amide bonds. The van der Waals surface area contributed by atoms with Crippen molar-refractivity contribution >= 4 is 22.8 Å². The van der Waals surface area contributed by atoms with Crippen LogP contribution in [0.2, 0.25) is 0 Å². The first-order chi connectivity index (χ1) is 19.1. The summed E-state index contributed by atoms with van der Waals surface area (Å²) >= 11 is 0. The monoisotopic (exact) mass is 516 g/mol. The largest absolute Gasteiger partial charge is 0.489 e. The Morgan fingerprint density at radius 2 is 1.49 bits per heavy atom. The third-order valence-electron chi connectivity index (χ3n) is 6.35. The number of esters is 1. The van der Waals surface area contributed by atoms with Gasteiger partial charge in [0, 0.05) is 10.9 Å². The maximum atomic E-state index is 13.1. The SMILES string of the molecule is C[C@@H](NC(=O)COC(=O)c1cc(-c2ccc(OCc3ccccc3)cc2)nc2ccccc12)c1ccccc1. The Bertz CT molecular complexity index is 1570. The lowest BCUT2D eigenvalue weighted by molar-refractivity contribution is -0.124. The molecule has 0 saturated heterocycles. The van der Waals surface area contributed by atoms with E-state index >= 15 is 0 Å². The van der Waals surface area contributed by atoms with Crippen LogP contribution in [-0.4, -0.2) is 23.5 Å². The lowest BCUT2D eigenvalue weighted by atomic mass is 10.0. The number of fused-ring (bicyclic) bond motifs is 1. The molecule has 5 aromatic rings. The lowest BCUT2D eigenvalue weighted by Crippen LogP contribution is -2.31. The molecule has 6 heteroatoms. The van der Waals surface area contributed by atoms with Crippen molar-refractivity contribution in [3.05, 3.63) is 132 Å². The third kappa shape index (κ3) is 6.48. The number of aromatic nitrogens is 1. The molecule has 1 atom stereocenters. The van der Waals surface area contributed by atoms with Crippen molar-refractivity contribution in [2.45, 2.75) is 19.6 Å². The first kappa shape index (κ1) is 25.7. The van der Waals surface area contributed by atoms with Crippen LogP contribution in [0.5, 0.6) is 5.75 Å². The Labute approximate surface area is 227 Å². The molecule has 0 saturated carbocycles. The predicted octanol–water partition coefficient (Wildman–Crippen LogP) is 6.52. The number of nitrogens with zero attached hydrogens (tertiary/aromatic N) is 1. The highest BCUT2D eigenvalue weighted by molar-refractivity contribution is 6.05. The van der Waals surface area contributed by atoms with Gasteiger partial charge in [-0.25, -0.2) is 9.78 Å². The van der Waals surface area contributed by atoms with Gasteiger partial charge in [-0.3, -0.25) is 4.79 Å². The third-order valence-corrected chi connectivity index (χ3v) is 6.35. The Kier molecular flexibility index (Phi) is 7.93. The summed E-state index contributed by atoms with van der Waals surface area (Å²) < 4.78 is 11.3. The van der Waals surface area contributed by atoms with Gasteiger partial charge < -0.3 is 14.8 Å². The van der Waals surface area contributed by atoms with E-state index in [0.29, 0.717) is 28.8 Å². The Morgan fingerprint density at radius 3 is 2.23 bits per heavy atom. The zero-order chi connectivity index (χ0) is 27.0. The van der Waals surface area contributed by atoms with Gasteiger partial charge in [-0.2, -0.15) is 0 Å². The molecule has 0 spiro atoms. The topological polar surface area (TPSA) is 77.5 Å². The summed E-state index contributed by atoms with van der Waals surface area (Å²) in [4.78, 5) is 30.4. The number of para-hydroxylation sites is 1. The van der Waals surface area contributed by atoms with E-state index in [4.69, 9.17) is 14.5 Å². The molecule has 5 rings (SSSR count). The van der Waals surface area contributed by atoms with Gasteiger partial charge in [0.25, 0.3) is 5.91 Å². The van der Waals surface area contributed by atoms with Crippen LogP contribution < -0.4 is 10.1 Å². The molecule has 0 aliphatic rings. The predicted molar refractivity (Wildman–Crippen MR) is 151 cm³/mol. The van der Waals surface area contributed by atoms with Crippen molar-refractivity contribution < 1.29 is 19.1 Å². The molecule has 1 heterocycles. The summed E-state index contributed by atoms with van der Waals surface area (Å²) in [6.45, 7) is 1.98. The smallest absolute Gasteiger partial charge is 0.339 e. The second-order valence-electron chi connectivity index (χ2n) is 9.15. The van der Waals surface area contributed by atoms with Gasteiger partial charge in [0.15, 0.2) is 6.61 Å². The highest BCUT2D eigenvalue weighted by Gasteiger charge is 2.17. The molecule has 1 N–H and O–H groups in total. The van der Waals surface area contributed by atoms with Crippen LogP contribution in [0.15, 0.2) is 115 Å². The highest BCUT2D eigenvalue weighted by atomic mass is 16.5. The average molecular weight is 517 g/mol. The van der Waals surface area contributed by atoms with Crippen LogP contribution in [0.4, 0.5) is 0 Å². The van der Waals surface area contributed by atoms with E-state index < -0.39 is 5.97 Å². The van der Waals surface area contributed by atoms with Gasteiger partial charge in [0.1, 0.15) is 12.4 Å². The zero-order valence-electron chi connectivity index (χ0n) is 21.5. The van der Waals surface area contributed by atoms with Gasteiger partial charge in [-0.15, -0.1) is 0 Å². The summed E-state index contributed by atoms with van der Waals surface area (Å²) in [6, 6.07) is 36.0. The van der Waals surface area contributed by atoms with Crippen molar-refractivity contribution in [1.29, 1.82) is 0 Å². The van der Waals surface area contributed by atoms with Crippen LogP contribution in [0.25, 0.3) is 22.2 Å². The van der Waals surface area contributed by atoms with E-state index in [2.05, 4.69) is 5.32 Å². The van der Waals surface area contributed by atoms with E-state index in [-0.39, 0.29) is 18.6 Å². The van der Waals surface area contributed by atoms with Gasteiger partial charge in [0.05, 0.1) is 22.8 Å². The molecule has 0 radical (unpaired) electrons. The van der Waals surface area contributed by atoms with E-state index in [0.717, 1.165) is 22.4 Å². The molecule has 39 heavy (non-hydrogen) atoms. The number of carbonyl (C=O) groups is 2. The number of carbonyl (C=O) groups excluding carboxylic acids is 2. The van der Waals surface area contributed by atoms with Crippen molar-refractivity contribution in [3.63, 3.8) is 0 Å². The number of rotatable bonds is 9. The summed E-state index contributed by atoms with van der Waals surface area (Å²) in [7, 11) is 0. The fourth-order valence-corrected chi connectivity index (χ4v) is 4.27. The van der Waals surface area contributed by atoms with Crippen molar-refractivity contribution in [2.75, 3.05) is 6.61 Å². The lowest BCUT2D eigenvalue weighted by Gasteiger charge is -2.15. The van der Waals surface area contributed by atoms with Crippen molar-refractivity contribution in [3.8, 4) is 17.0 Å². The van der Waals surface area contributed by atoms with Crippen LogP contribution in [0.1, 0.15) is 34.5 Å².